The maximum absolute atomic E-state index is 12.1. The third-order valence-corrected chi connectivity index (χ3v) is 5.05. The van der Waals surface area contributed by atoms with Gasteiger partial charge in [0, 0.05) is 22.8 Å². The Morgan fingerprint density at radius 3 is 2.92 bits per heavy atom. The summed E-state index contributed by atoms with van der Waals surface area (Å²) in [4.78, 5) is 20.7. The van der Waals surface area contributed by atoms with Crippen molar-refractivity contribution in [2.75, 3.05) is 11.1 Å². The number of nitrogens with one attached hydrogen (secondary N) is 1. The van der Waals surface area contributed by atoms with E-state index >= 15 is 0 Å². The Bertz CT molecular complexity index is 849. The number of anilines is 1. The van der Waals surface area contributed by atoms with Crippen LogP contribution in [0.3, 0.4) is 0 Å². The van der Waals surface area contributed by atoms with E-state index in [9.17, 15) is 4.79 Å². The van der Waals surface area contributed by atoms with E-state index in [4.69, 9.17) is 11.6 Å². The zero-order valence-electron chi connectivity index (χ0n) is 12.8. The highest BCUT2D eigenvalue weighted by Crippen LogP contribution is 2.24. The molecule has 122 valence electrons. The van der Waals surface area contributed by atoms with E-state index in [1.165, 1.54) is 11.8 Å². The molecule has 2 aromatic heterocycles. The van der Waals surface area contributed by atoms with Crippen molar-refractivity contribution in [2.45, 2.75) is 11.9 Å². The summed E-state index contributed by atoms with van der Waals surface area (Å²) in [6.07, 6.45) is 1.57. The first-order chi connectivity index (χ1) is 11.6. The summed E-state index contributed by atoms with van der Waals surface area (Å²) in [6, 6.07) is 11.2. The van der Waals surface area contributed by atoms with E-state index in [-0.39, 0.29) is 11.7 Å². The van der Waals surface area contributed by atoms with Crippen LogP contribution in [0, 0.1) is 6.92 Å². The van der Waals surface area contributed by atoms with E-state index in [0.717, 1.165) is 27.0 Å². The number of thioether (sulfide) groups is 1. The van der Waals surface area contributed by atoms with E-state index < -0.39 is 0 Å². The first kappa shape index (κ1) is 17.0. The van der Waals surface area contributed by atoms with Crippen LogP contribution in [0.25, 0.3) is 11.3 Å². The SMILES string of the molecule is Cc1nc(-c2cccc(NC(=O)CSc3ccc(Cl)cn3)c2)cs1. The summed E-state index contributed by atoms with van der Waals surface area (Å²) in [5.74, 6) is 0.206. The number of pyridine rings is 1. The lowest BCUT2D eigenvalue weighted by atomic mass is 10.1. The van der Waals surface area contributed by atoms with Gasteiger partial charge < -0.3 is 5.32 Å². The normalized spacial score (nSPS) is 10.6. The van der Waals surface area contributed by atoms with E-state index in [1.54, 1.807) is 29.7 Å². The van der Waals surface area contributed by atoms with Gasteiger partial charge in [-0.2, -0.15) is 0 Å². The smallest absolute Gasteiger partial charge is 0.234 e. The number of rotatable bonds is 5. The molecule has 0 saturated heterocycles. The Morgan fingerprint density at radius 1 is 1.33 bits per heavy atom. The van der Waals surface area contributed by atoms with Crippen LogP contribution in [0.1, 0.15) is 5.01 Å². The molecule has 7 heteroatoms. The molecule has 0 saturated carbocycles. The molecule has 1 N–H and O–H groups in total. The van der Waals surface area contributed by atoms with Crippen molar-refractivity contribution in [3.63, 3.8) is 0 Å². The maximum atomic E-state index is 12.1. The number of aromatic nitrogens is 2. The van der Waals surface area contributed by atoms with Crippen LogP contribution in [0.4, 0.5) is 5.69 Å². The molecule has 1 aromatic carbocycles. The van der Waals surface area contributed by atoms with Gasteiger partial charge in [0.25, 0.3) is 0 Å². The number of benzene rings is 1. The summed E-state index contributed by atoms with van der Waals surface area (Å²) in [5.41, 5.74) is 2.67. The summed E-state index contributed by atoms with van der Waals surface area (Å²) in [5, 5.41) is 7.28. The molecule has 0 bridgehead atoms. The number of carbonyl (C=O) groups is 1. The summed E-state index contributed by atoms with van der Waals surface area (Å²) < 4.78 is 0. The highest BCUT2D eigenvalue weighted by Gasteiger charge is 2.07. The van der Waals surface area contributed by atoms with Crippen molar-refractivity contribution in [3.05, 3.63) is 58.0 Å². The van der Waals surface area contributed by atoms with Gasteiger partial charge in [-0.15, -0.1) is 11.3 Å². The highest BCUT2D eigenvalue weighted by molar-refractivity contribution is 7.99. The van der Waals surface area contributed by atoms with Crippen LogP contribution >= 0.6 is 34.7 Å². The summed E-state index contributed by atoms with van der Waals surface area (Å²) >= 11 is 8.77. The van der Waals surface area contributed by atoms with Gasteiger partial charge in [0.2, 0.25) is 5.91 Å². The number of carbonyl (C=O) groups excluding carboxylic acids is 1. The molecule has 0 radical (unpaired) electrons. The van der Waals surface area contributed by atoms with Crippen molar-refractivity contribution in [1.82, 2.24) is 9.97 Å². The molecule has 1 amide bonds. The zero-order valence-corrected chi connectivity index (χ0v) is 15.2. The van der Waals surface area contributed by atoms with E-state index in [1.807, 2.05) is 36.6 Å². The van der Waals surface area contributed by atoms with Crippen molar-refractivity contribution in [1.29, 1.82) is 0 Å². The summed E-state index contributed by atoms with van der Waals surface area (Å²) in [7, 11) is 0. The number of amides is 1. The molecule has 24 heavy (non-hydrogen) atoms. The third kappa shape index (κ3) is 4.56. The third-order valence-electron chi connectivity index (χ3n) is 3.11. The molecule has 3 rings (SSSR count). The minimum Gasteiger partial charge on any atom is -0.325 e. The molecule has 0 unspecified atom stereocenters. The molecule has 0 atom stereocenters. The largest absolute Gasteiger partial charge is 0.325 e. The van der Waals surface area contributed by atoms with Crippen molar-refractivity contribution in [3.8, 4) is 11.3 Å². The second-order valence-corrected chi connectivity index (χ2v) is 7.48. The average molecular weight is 376 g/mol. The maximum Gasteiger partial charge on any atom is 0.234 e. The molecular weight excluding hydrogens is 362 g/mol. The highest BCUT2D eigenvalue weighted by atomic mass is 35.5. The van der Waals surface area contributed by atoms with Gasteiger partial charge in [0.1, 0.15) is 0 Å². The molecule has 0 fully saturated rings. The standard InChI is InChI=1S/C17H14ClN3OS2/c1-11-20-15(9-23-11)12-3-2-4-14(7-12)21-16(22)10-24-17-6-5-13(18)8-19-17/h2-9H,10H2,1H3,(H,21,22). The van der Waals surface area contributed by atoms with Gasteiger partial charge >= 0.3 is 0 Å². The molecule has 3 aromatic rings. The Kier molecular flexibility index (Phi) is 5.50. The van der Waals surface area contributed by atoms with Crippen molar-refractivity contribution < 1.29 is 4.79 Å². The van der Waals surface area contributed by atoms with Crippen LogP contribution in [-0.2, 0) is 4.79 Å². The number of hydrogen-bond acceptors (Lipinski definition) is 5. The lowest BCUT2D eigenvalue weighted by molar-refractivity contribution is -0.113. The van der Waals surface area contributed by atoms with E-state index in [0.29, 0.717) is 5.02 Å². The number of thiazole rings is 1. The van der Waals surface area contributed by atoms with Crippen molar-refractivity contribution in [2.24, 2.45) is 0 Å². The van der Waals surface area contributed by atoms with Crippen LogP contribution in [0.5, 0.6) is 0 Å². The lowest BCUT2D eigenvalue weighted by Crippen LogP contribution is -2.14. The lowest BCUT2D eigenvalue weighted by Gasteiger charge is -2.06. The second kappa shape index (κ2) is 7.79. The number of nitrogens with zero attached hydrogens (tertiary/aromatic N) is 2. The molecule has 0 aliphatic carbocycles. The molecule has 0 aliphatic rings. The molecule has 2 heterocycles. The number of halogens is 1. The minimum absolute atomic E-state index is 0.0802. The average Bonchev–Trinajstić information content (AvgIpc) is 3.01. The topological polar surface area (TPSA) is 54.9 Å². The fourth-order valence-electron chi connectivity index (χ4n) is 2.04. The summed E-state index contributed by atoms with van der Waals surface area (Å²) in [6.45, 7) is 1.97. The second-order valence-electron chi connectivity index (χ2n) is 4.98. The minimum atomic E-state index is -0.0802. The van der Waals surface area contributed by atoms with Crippen LogP contribution in [-0.4, -0.2) is 21.6 Å². The van der Waals surface area contributed by atoms with Crippen LogP contribution in [0.15, 0.2) is 53.0 Å². The fraction of sp³-hybridized carbons (Fsp3) is 0.118. The van der Waals surface area contributed by atoms with Gasteiger partial charge in [0.15, 0.2) is 0 Å². The van der Waals surface area contributed by atoms with Crippen LogP contribution < -0.4 is 5.32 Å². The Labute approximate surface area is 153 Å². The van der Waals surface area contributed by atoms with Gasteiger partial charge in [-0.25, -0.2) is 9.97 Å². The first-order valence-electron chi connectivity index (χ1n) is 7.17. The Balaban J connectivity index is 1.61. The Hall–Kier alpha value is -1.89. The number of hydrogen-bond donors (Lipinski definition) is 1. The van der Waals surface area contributed by atoms with Gasteiger partial charge in [0.05, 0.1) is 26.5 Å². The monoisotopic (exact) mass is 375 g/mol. The molecule has 0 spiro atoms. The van der Waals surface area contributed by atoms with E-state index in [2.05, 4.69) is 15.3 Å². The molecule has 0 aliphatic heterocycles. The first-order valence-corrected chi connectivity index (χ1v) is 9.41. The number of aryl methyl sites for hydroxylation is 1. The van der Waals surface area contributed by atoms with Crippen LogP contribution in [0.2, 0.25) is 5.02 Å². The van der Waals surface area contributed by atoms with Crippen molar-refractivity contribution >= 4 is 46.3 Å². The zero-order chi connectivity index (χ0) is 16.9. The predicted octanol–water partition coefficient (Wildman–Crippen LogP) is 4.90. The molecule has 4 nitrogen and oxygen atoms in total. The Morgan fingerprint density at radius 2 is 2.21 bits per heavy atom. The quantitative estimate of drug-likeness (QED) is 0.644. The molecular formula is C17H14ClN3OS2. The van der Waals surface area contributed by atoms with Gasteiger partial charge in [-0.1, -0.05) is 35.5 Å². The van der Waals surface area contributed by atoms with Gasteiger partial charge in [-0.05, 0) is 31.2 Å². The predicted molar refractivity (Wildman–Crippen MR) is 101 cm³/mol. The fourth-order valence-corrected chi connectivity index (χ4v) is 3.41. The van der Waals surface area contributed by atoms with Gasteiger partial charge in [-0.3, -0.25) is 4.79 Å².